The number of fused-ring (bicyclic) bond motifs is 3. The van der Waals surface area contributed by atoms with Gasteiger partial charge in [0.05, 0.1) is 17.4 Å². The Kier molecular flexibility index (Phi) is 8.61. The molecule has 4 aliphatic carbocycles. The van der Waals surface area contributed by atoms with Gasteiger partial charge < -0.3 is 20.1 Å². The molecule has 0 unspecified atom stereocenters. The third-order valence-electron chi connectivity index (χ3n) is 13.1. The van der Waals surface area contributed by atoms with Gasteiger partial charge in [0.2, 0.25) is 0 Å². The summed E-state index contributed by atoms with van der Waals surface area (Å²) in [5.41, 5.74) is -4.67. The van der Waals surface area contributed by atoms with E-state index in [-0.39, 0.29) is 34.5 Å². The fourth-order valence-electron chi connectivity index (χ4n) is 10.1. The molecule has 3 N–H and O–H groups in total. The van der Waals surface area contributed by atoms with Crippen molar-refractivity contribution in [1.29, 1.82) is 0 Å². The van der Waals surface area contributed by atoms with Crippen molar-refractivity contribution in [2.75, 3.05) is 6.61 Å². The summed E-state index contributed by atoms with van der Waals surface area (Å²) in [6, 6.07) is 0. The minimum Gasteiger partial charge on any atom is -0.455 e. The molecule has 8 atom stereocenters. The lowest BCUT2D eigenvalue weighted by atomic mass is 9.55. The van der Waals surface area contributed by atoms with Gasteiger partial charge in [-0.05, 0) is 60.0 Å². The number of rotatable bonds is 12. The number of aliphatic hydroxyl groups excluding tert-OH is 2. The molecule has 6 heteroatoms. The Labute approximate surface area is 248 Å². The van der Waals surface area contributed by atoms with Crippen molar-refractivity contribution in [3.05, 3.63) is 23.3 Å². The molecule has 0 saturated heterocycles. The molecule has 0 radical (unpaired) electrons. The highest BCUT2D eigenvalue weighted by Gasteiger charge is 2.88. The molecule has 232 valence electrons. The van der Waals surface area contributed by atoms with Crippen LogP contribution >= 0.6 is 0 Å². The summed E-state index contributed by atoms with van der Waals surface area (Å²) in [5.74, 6) is -0.914. The second-order valence-corrected chi connectivity index (χ2v) is 15.0. The van der Waals surface area contributed by atoms with Crippen LogP contribution in [0.25, 0.3) is 0 Å². The maximum absolute atomic E-state index is 15.0. The quantitative estimate of drug-likeness (QED) is 0.141. The lowest BCUT2D eigenvalue weighted by Crippen LogP contribution is -2.66. The molecule has 4 rings (SSSR count). The monoisotopic (exact) mass is 572 g/mol. The van der Waals surface area contributed by atoms with Crippen molar-refractivity contribution in [2.45, 2.75) is 144 Å². The second-order valence-electron chi connectivity index (χ2n) is 15.0. The van der Waals surface area contributed by atoms with E-state index in [2.05, 4.69) is 34.6 Å². The van der Waals surface area contributed by atoms with Gasteiger partial charge in [0.25, 0.3) is 0 Å². The molecular formula is C35H56O6. The van der Waals surface area contributed by atoms with Gasteiger partial charge in [0.15, 0.2) is 17.5 Å². The zero-order chi connectivity index (χ0) is 30.6. The summed E-state index contributed by atoms with van der Waals surface area (Å²) in [7, 11) is 0. The van der Waals surface area contributed by atoms with E-state index in [0.29, 0.717) is 18.4 Å². The SMILES string of the molecule is CCCCCCCCCCCC(=O)O[C@H]1C(C)=C[C@]23C(=O)[C@@](C)(C=C(CO)[C@@H](O)[C@]12O)[C@]1(C)C(C)(C)[C@]1(C)C[C@H]3C. The normalized spacial score (nSPS) is 42.4. The van der Waals surface area contributed by atoms with Gasteiger partial charge in [-0.1, -0.05) is 105 Å². The predicted octanol–water partition coefficient (Wildman–Crippen LogP) is 6.46. The summed E-state index contributed by atoms with van der Waals surface area (Å²) in [6.45, 7) is 16.2. The van der Waals surface area contributed by atoms with Crippen LogP contribution in [0.5, 0.6) is 0 Å². The van der Waals surface area contributed by atoms with Crippen molar-refractivity contribution in [1.82, 2.24) is 0 Å². The average Bonchev–Trinajstić information content (AvgIpc) is 3.17. The van der Waals surface area contributed by atoms with E-state index in [1.54, 1.807) is 19.1 Å². The number of hydrogen-bond acceptors (Lipinski definition) is 6. The Balaban J connectivity index is 1.59. The van der Waals surface area contributed by atoms with Gasteiger partial charge >= 0.3 is 5.97 Å². The van der Waals surface area contributed by atoms with E-state index in [1.807, 2.05) is 13.8 Å². The van der Waals surface area contributed by atoms with Crippen molar-refractivity contribution < 1.29 is 29.6 Å². The molecule has 1 spiro atoms. The molecule has 0 heterocycles. The molecule has 4 aliphatic rings. The Hall–Kier alpha value is -1.50. The number of esters is 1. The molecule has 2 bridgehead atoms. The smallest absolute Gasteiger partial charge is 0.306 e. The van der Waals surface area contributed by atoms with Crippen LogP contribution in [0.1, 0.15) is 126 Å². The molecule has 0 amide bonds. The molecule has 2 fully saturated rings. The molecule has 6 nitrogen and oxygen atoms in total. The first-order valence-corrected chi connectivity index (χ1v) is 16.2. The van der Waals surface area contributed by atoms with E-state index in [1.165, 1.54) is 38.5 Å². The van der Waals surface area contributed by atoms with Gasteiger partial charge in [-0.15, -0.1) is 0 Å². The Morgan fingerprint density at radius 3 is 2.10 bits per heavy atom. The standard InChI is InChI=1S/C35H56O6/c1-9-10-11-12-13-14-15-16-17-18-26(37)41-28-23(2)19-34-24(3)20-32(7)30(4,5)33(32,8)31(6,29(34)39)21-25(22-36)27(38)35(28,34)40/h19,21,24,27-28,36,38,40H,9-18,20,22H2,1-8H3/t24-,27-,28+,31-,32+,33+,34+,35+/m1/s1. The fraction of sp³-hybridized carbons (Fsp3) is 0.829. The van der Waals surface area contributed by atoms with Crippen LogP contribution in [0.4, 0.5) is 0 Å². The van der Waals surface area contributed by atoms with E-state index in [4.69, 9.17) is 4.74 Å². The molecule has 0 aliphatic heterocycles. The first-order chi connectivity index (χ1) is 19.1. The minimum atomic E-state index is -2.11. The molecule has 0 aromatic rings. The number of ether oxygens (including phenoxy) is 1. The van der Waals surface area contributed by atoms with E-state index >= 15 is 4.79 Å². The minimum absolute atomic E-state index is 0.156. The third kappa shape index (κ3) is 4.13. The third-order valence-corrected chi connectivity index (χ3v) is 13.1. The topological polar surface area (TPSA) is 104 Å². The molecular weight excluding hydrogens is 516 g/mol. The average molecular weight is 573 g/mol. The summed E-state index contributed by atoms with van der Waals surface area (Å²) >= 11 is 0. The highest BCUT2D eigenvalue weighted by molar-refractivity contribution is 5.99. The lowest BCUT2D eigenvalue weighted by Gasteiger charge is -2.50. The van der Waals surface area contributed by atoms with Crippen molar-refractivity contribution in [3.8, 4) is 0 Å². The first-order valence-electron chi connectivity index (χ1n) is 16.2. The van der Waals surface area contributed by atoms with E-state index in [0.717, 1.165) is 12.8 Å². The van der Waals surface area contributed by atoms with Gasteiger partial charge in [0.1, 0.15) is 6.10 Å². The zero-order valence-electron chi connectivity index (χ0n) is 26.9. The van der Waals surface area contributed by atoms with Crippen LogP contribution in [0, 0.1) is 33.0 Å². The Bertz CT molecular complexity index is 1110. The highest BCUT2D eigenvalue weighted by Crippen LogP contribution is 2.88. The van der Waals surface area contributed by atoms with Crippen LogP contribution < -0.4 is 0 Å². The number of carbonyl (C=O) groups is 2. The van der Waals surface area contributed by atoms with Crippen molar-refractivity contribution >= 4 is 11.8 Å². The largest absolute Gasteiger partial charge is 0.455 e. The lowest BCUT2D eigenvalue weighted by molar-refractivity contribution is -0.205. The first kappa shape index (κ1) is 32.4. The summed E-state index contributed by atoms with van der Waals surface area (Å²) in [5, 5.41) is 35.0. The van der Waals surface area contributed by atoms with Crippen LogP contribution in [0.15, 0.2) is 23.3 Å². The van der Waals surface area contributed by atoms with E-state index in [9.17, 15) is 20.1 Å². The summed E-state index contributed by atoms with van der Waals surface area (Å²) < 4.78 is 5.99. The molecule has 0 aromatic carbocycles. The highest BCUT2D eigenvalue weighted by atomic mass is 16.6. The number of Topliss-reactive ketones (excluding diaryl/α,β-unsaturated/α-hetero) is 1. The number of unbranched alkanes of at least 4 members (excludes halogenated alkanes) is 8. The maximum atomic E-state index is 15.0. The molecule has 0 aromatic heterocycles. The van der Waals surface area contributed by atoms with Crippen LogP contribution in [-0.2, 0) is 14.3 Å². The number of hydrogen-bond donors (Lipinski definition) is 3. The van der Waals surface area contributed by atoms with Crippen LogP contribution in [0.3, 0.4) is 0 Å². The number of allylic oxidation sites excluding steroid dienone is 1. The predicted molar refractivity (Wildman–Crippen MR) is 161 cm³/mol. The summed E-state index contributed by atoms with van der Waals surface area (Å²) in [4.78, 5) is 28.1. The Morgan fingerprint density at radius 2 is 1.54 bits per heavy atom. The van der Waals surface area contributed by atoms with Crippen LogP contribution in [-0.4, -0.2) is 51.5 Å². The zero-order valence-corrected chi connectivity index (χ0v) is 26.9. The van der Waals surface area contributed by atoms with E-state index < -0.39 is 46.6 Å². The number of ketones is 1. The summed E-state index contributed by atoms with van der Waals surface area (Å²) in [6.07, 6.45) is 11.9. The maximum Gasteiger partial charge on any atom is 0.306 e. The van der Waals surface area contributed by atoms with Crippen molar-refractivity contribution in [3.63, 3.8) is 0 Å². The van der Waals surface area contributed by atoms with Crippen LogP contribution in [0.2, 0.25) is 0 Å². The van der Waals surface area contributed by atoms with Gasteiger partial charge in [-0.25, -0.2) is 0 Å². The van der Waals surface area contributed by atoms with Gasteiger partial charge in [-0.2, -0.15) is 0 Å². The number of carbonyl (C=O) groups excluding carboxylic acids is 2. The molecule has 2 saturated carbocycles. The Morgan fingerprint density at radius 1 is 0.976 bits per heavy atom. The van der Waals surface area contributed by atoms with Gasteiger partial charge in [0, 0.05) is 6.42 Å². The fourth-order valence-corrected chi connectivity index (χ4v) is 10.1. The van der Waals surface area contributed by atoms with Crippen molar-refractivity contribution in [2.24, 2.45) is 33.0 Å². The second kappa shape index (κ2) is 10.9. The van der Waals surface area contributed by atoms with Gasteiger partial charge in [-0.3, -0.25) is 9.59 Å². The molecule has 41 heavy (non-hydrogen) atoms. The number of aliphatic hydroxyl groups is 3.